The van der Waals surface area contributed by atoms with Crippen LogP contribution in [0.2, 0.25) is 0 Å². The molecule has 9 heteroatoms. The van der Waals surface area contributed by atoms with Crippen LogP contribution in [0, 0.1) is 0 Å². The second-order valence-electron chi connectivity index (χ2n) is 7.88. The fourth-order valence-corrected chi connectivity index (χ4v) is 4.15. The van der Waals surface area contributed by atoms with Gasteiger partial charge in [0.1, 0.15) is 17.2 Å². The Bertz CT molecular complexity index is 1060. The summed E-state index contributed by atoms with van der Waals surface area (Å²) in [6.07, 6.45) is 6.13. The summed E-state index contributed by atoms with van der Waals surface area (Å²) in [6, 6.07) is 7.13. The number of methoxy groups -OCH3 is 2. The maximum atomic E-state index is 13.3. The third kappa shape index (κ3) is 3.98. The van der Waals surface area contributed by atoms with Gasteiger partial charge in [-0.25, -0.2) is 9.97 Å². The summed E-state index contributed by atoms with van der Waals surface area (Å²) >= 11 is 0. The van der Waals surface area contributed by atoms with E-state index in [0.29, 0.717) is 29.7 Å². The van der Waals surface area contributed by atoms with E-state index in [4.69, 9.17) is 14.5 Å². The Morgan fingerprint density at radius 3 is 2.53 bits per heavy atom. The number of ether oxygens (including phenoxy) is 2. The number of aromatic nitrogens is 4. The highest BCUT2D eigenvalue weighted by Gasteiger charge is 2.33. The largest absolute Gasteiger partial charge is 0.496 e. The first-order chi connectivity index (χ1) is 15.5. The molecule has 0 saturated carbocycles. The molecule has 1 N–H and O–H groups in total. The molecule has 1 atom stereocenters. The fraction of sp³-hybridized carbons (Fsp3) is 0.391. The minimum atomic E-state index is -0.217. The summed E-state index contributed by atoms with van der Waals surface area (Å²) in [4.78, 5) is 26.5. The maximum absolute atomic E-state index is 13.3. The lowest BCUT2D eigenvalue weighted by Gasteiger charge is -2.36. The lowest BCUT2D eigenvalue weighted by molar-refractivity contribution is 0.0600. The number of H-pyrrole nitrogens is 1. The Balaban J connectivity index is 1.89. The normalized spacial score (nSPS) is 16.0. The minimum absolute atomic E-state index is 0.0878. The predicted octanol–water partition coefficient (Wildman–Crippen LogP) is 3.32. The molecule has 1 aromatic carbocycles. The summed E-state index contributed by atoms with van der Waals surface area (Å²) in [5, 5.41) is 6.74. The van der Waals surface area contributed by atoms with Crippen LogP contribution in [0.15, 0.2) is 36.7 Å². The van der Waals surface area contributed by atoms with Gasteiger partial charge in [0.25, 0.3) is 5.91 Å². The lowest BCUT2D eigenvalue weighted by atomic mass is 9.92. The number of hydrogen-bond donors (Lipinski definition) is 1. The zero-order valence-corrected chi connectivity index (χ0v) is 18.8. The molecule has 1 aliphatic rings. The van der Waals surface area contributed by atoms with Crippen LogP contribution in [0.1, 0.15) is 41.5 Å². The second kappa shape index (κ2) is 9.25. The molecule has 9 nitrogen and oxygen atoms in total. The fourth-order valence-electron chi connectivity index (χ4n) is 4.15. The van der Waals surface area contributed by atoms with Crippen molar-refractivity contribution in [1.82, 2.24) is 25.1 Å². The molecule has 1 saturated heterocycles. The van der Waals surface area contributed by atoms with E-state index in [1.54, 1.807) is 32.7 Å². The molecule has 1 aliphatic heterocycles. The molecule has 0 aliphatic carbocycles. The van der Waals surface area contributed by atoms with E-state index in [1.165, 1.54) is 0 Å². The number of benzene rings is 1. The number of nitrogens with zero attached hydrogens (tertiary/aromatic N) is 5. The summed E-state index contributed by atoms with van der Waals surface area (Å²) in [5.41, 5.74) is 2.81. The van der Waals surface area contributed by atoms with E-state index in [0.717, 1.165) is 36.1 Å². The second-order valence-corrected chi connectivity index (χ2v) is 7.88. The van der Waals surface area contributed by atoms with Crippen molar-refractivity contribution in [1.29, 1.82) is 0 Å². The van der Waals surface area contributed by atoms with Crippen molar-refractivity contribution < 1.29 is 14.3 Å². The van der Waals surface area contributed by atoms with E-state index in [9.17, 15) is 4.79 Å². The van der Waals surface area contributed by atoms with Gasteiger partial charge in [-0.2, -0.15) is 5.10 Å². The minimum Gasteiger partial charge on any atom is -0.496 e. The average Bonchev–Trinajstić information content (AvgIpc) is 3.37. The number of hydrogen-bond acceptors (Lipinski definition) is 7. The molecule has 1 amide bonds. The van der Waals surface area contributed by atoms with E-state index in [2.05, 4.69) is 15.2 Å². The first kappa shape index (κ1) is 21.6. The molecule has 1 fully saturated rings. The highest BCUT2D eigenvalue weighted by atomic mass is 16.5. The summed E-state index contributed by atoms with van der Waals surface area (Å²) in [7, 11) is 7.05. The molecular formula is C23H28N6O3. The van der Waals surface area contributed by atoms with E-state index < -0.39 is 0 Å². The molecule has 0 unspecified atom stereocenters. The lowest BCUT2D eigenvalue weighted by Crippen LogP contribution is -2.39. The van der Waals surface area contributed by atoms with Crippen LogP contribution in [0.3, 0.4) is 0 Å². The van der Waals surface area contributed by atoms with Gasteiger partial charge in [-0.15, -0.1) is 0 Å². The van der Waals surface area contributed by atoms with Gasteiger partial charge in [-0.3, -0.25) is 9.89 Å². The standard InChI is InChI=1S/C23H28N6O3/c1-28(2)23-24-14-15(20-18(31-3)9-7-10-19(20)32-4)21(26-23)17-8-5-6-13-29(17)22(30)16-11-12-25-27-16/h7,9-12,14,17H,5-6,8,13H2,1-4H3,(H,25,27)/t17-/m0/s1. The van der Waals surface area contributed by atoms with E-state index in [-0.39, 0.29) is 11.9 Å². The Labute approximate surface area is 187 Å². The first-order valence-corrected chi connectivity index (χ1v) is 10.6. The van der Waals surface area contributed by atoms with Crippen molar-refractivity contribution in [3.63, 3.8) is 0 Å². The molecule has 0 radical (unpaired) electrons. The SMILES string of the molecule is COc1cccc(OC)c1-c1cnc(N(C)C)nc1[C@@H]1CCCCN1C(=O)c1ccn[nH]1. The van der Waals surface area contributed by atoms with Crippen LogP contribution >= 0.6 is 0 Å². The third-order valence-electron chi connectivity index (χ3n) is 5.71. The molecule has 2 aromatic heterocycles. The highest BCUT2D eigenvalue weighted by molar-refractivity contribution is 5.92. The van der Waals surface area contributed by atoms with Gasteiger partial charge in [0.2, 0.25) is 5.95 Å². The van der Waals surface area contributed by atoms with Gasteiger partial charge >= 0.3 is 0 Å². The number of amides is 1. The van der Waals surface area contributed by atoms with Crippen molar-refractivity contribution >= 4 is 11.9 Å². The van der Waals surface area contributed by atoms with Crippen LogP contribution in [-0.2, 0) is 0 Å². The van der Waals surface area contributed by atoms with Crippen molar-refractivity contribution in [2.24, 2.45) is 0 Å². The van der Waals surface area contributed by atoms with Crippen molar-refractivity contribution in [2.75, 3.05) is 39.8 Å². The number of rotatable bonds is 6. The van der Waals surface area contributed by atoms with Crippen LogP contribution in [0.25, 0.3) is 11.1 Å². The zero-order chi connectivity index (χ0) is 22.7. The molecular weight excluding hydrogens is 408 g/mol. The third-order valence-corrected chi connectivity index (χ3v) is 5.71. The average molecular weight is 437 g/mol. The molecule has 0 bridgehead atoms. The zero-order valence-electron chi connectivity index (χ0n) is 18.8. The van der Waals surface area contributed by atoms with Gasteiger partial charge in [0.15, 0.2) is 0 Å². The van der Waals surface area contributed by atoms with Crippen LogP contribution < -0.4 is 14.4 Å². The van der Waals surface area contributed by atoms with Crippen molar-refractivity contribution in [2.45, 2.75) is 25.3 Å². The summed E-state index contributed by atoms with van der Waals surface area (Å²) < 4.78 is 11.3. The molecule has 3 heterocycles. The highest BCUT2D eigenvalue weighted by Crippen LogP contribution is 2.43. The maximum Gasteiger partial charge on any atom is 0.272 e. The smallest absolute Gasteiger partial charge is 0.272 e. The quantitative estimate of drug-likeness (QED) is 0.633. The molecule has 0 spiro atoms. The molecule has 168 valence electrons. The van der Waals surface area contributed by atoms with Gasteiger partial charge in [0, 0.05) is 38.6 Å². The molecule has 3 aromatic rings. The number of piperidine rings is 1. The number of nitrogens with one attached hydrogen (secondary N) is 1. The van der Waals surface area contributed by atoms with Crippen LogP contribution in [-0.4, -0.2) is 65.8 Å². The Morgan fingerprint density at radius 2 is 1.91 bits per heavy atom. The summed E-state index contributed by atoms with van der Waals surface area (Å²) in [5.74, 6) is 1.82. The molecule has 4 rings (SSSR count). The van der Waals surface area contributed by atoms with Crippen LogP contribution in [0.5, 0.6) is 11.5 Å². The Morgan fingerprint density at radius 1 is 1.16 bits per heavy atom. The monoisotopic (exact) mass is 436 g/mol. The Hall–Kier alpha value is -3.62. The predicted molar refractivity (Wildman–Crippen MR) is 121 cm³/mol. The van der Waals surface area contributed by atoms with Gasteiger partial charge in [-0.05, 0) is 37.5 Å². The number of aromatic amines is 1. The van der Waals surface area contributed by atoms with Gasteiger partial charge in [0.05, 0.1) is 31.5 Å². The van der Waals surface area contributed by atoms with Crippen molar-refractivity contribution in [3.05, 3.63) is 48.0 Å². The molecule has 32 heavy (non-hydrogen) atoms. The first-order valence-electron chi connectivity index (χ1n) is 10.6. The van der Waals surface area contributed by atoms with E-state index in [1.807, 2.05) is 42.1 Å². The van der Waals surface area contributed by atoms with E-state index >= 15 is 0 Å². The Kier molecular flexibility index (Phi) is 6.25. The van der Waals surface area contributed by atoms with Crippen LogP contribution in [0.4, 0.5) is 5.95 Å². The summed E-state index contributed by atoms with van der Waals surface area (Å²) in [6.45, 7) is 0.645. The van der Waals surface area contributed by atoms with Gasteiger partial charge < -0.3 is 19.3 Å². The number of carbonyl (C=O) groups is 1. The topological polar surface area (TPSA) is 96.5 Å². The van der Waals surface area contributed by atoms with Crippen molar-refractivity contribution in [3.8, 4) is 22.6 Å². The number of carbonyl (C=O) groups excluding carboxylic acids is 1. The van der Waals surface area contributed by atoms with Gasteiger partial charge in [-0.1, -0.05) is 6.07 Å². The number of anilines is 1. The number of likely N-dealkylation sites (tertiary alicyclic amines) is 1.